The fraction of sp³-hybridized carbons (Fsp3) is 0.429. The largest absolute Gasteiger partial charge is 0.508 e. The molecule has 248 valence electrons. The van der Waals surface area contributed by atoms with Crippen LogP contribution in [0.2, 0.25) is 0 Å². The highest BCUT2D eigenvalue weighted by Crippen LogP contribution is 2.42. The van der Waals surface area contributed by atoms with Gasteiger partial charge >= 0.3 is 12.0 Å². The van der Waals surface area contributed by atoms with E-state index in [1.54, 1.807) is 0 Å². The Morgan fingerprint density at radius 2 is 2.08 bits per heavy atom. The molecule has 2 N–H and O–H groups in total. The Balaban J connectivity index is 1.28. The first-order valence-corrected chi connectivity index (χ1v) is 16.0. The lowest BCUT2D eigenvalue weighted by Crippen LogP contribution is -2.64. The van der Waals surface area contributed by atoms with E-state index in [-0.39, 0.29) is 64.1 Å². The van der Waals surface area contributed by atoms with Gasteiger partial charge in [-0.15, -0.1) is 6.42 Å². The molecule has 0 spiro atoms. The van der Waals surface area contributed by atoms with Crippen LogP contribution in [0, 0.1) is 24.0 Å². The standard InChI is InChI=1S/C35H33F3N6O4/c1-3-23-26(37)6-5-19-11-22(45)12-24(27(19)23)29-28(38)30-25(14-39-29)31(43-16-21-7-9-35(17-43,42-21)32(46)47-2)41-33(40-30)48-18-34-8-4-10-44(34)15-20(36)13-34/h1,5-6,11-12,14,20-21,42,45H,4,7-10,13,15-18H2,2H3/t20-,21?,34+,35?/m1/s1. The summed E-state index contributed by atoms with van der Waals surface area (Å²) in [5.41, 5.74) is -1.80. The third kappa shape index (κ3) is 4.72. The highest BCUT2D eigenvalue weighted by Gasteiger charge is 2.52. The SMILES string of the molecule is C#Cc1c(F)ccc2cc(O)cc(-c3ncc4c(N5CC6CCC(C(=O)OC)(C5)N6)nc(OC[C@@]56CCCN5C[C@H](F)C6)nc4c3F)c12. The van der Waals surface area contributed by atoms with Gasteiger partial charge in [0, 0.05) is 49.2 Å². The van der Waals surface area contributed by atoms with Gasteiger partial charge in [-0.1, -0.05) is 12.0 Å². The number of terminal acetylenes is 1. The van der Waals surface area contributed by atoms with E-state index in [9.17, 15) is 18.7 Å². The van der Waals surface area contributed by atoms with Gasteiger partial charge in [0.15, 0.2) is 5.82 Å². The maximum atomic E-state index is 16.9. The maximum Gasteiger partial charge on any atom is 0.327 e. The summed E-state index contributed by atoms with van der Waals surface area (Å²) in [6, 6.07) is 5.19. The second-order valence-corrected chi connectivity index (χ2v) is 13.4. The first kappa shape index (κ1) is 30.7. The van der Waals surface area contributed by atoms with Crippen molar-refractivity contribution in [2.24, 2.45) is 0 Å². The number of aromatic nitrogens is 3. The van der Waals surface area contributed by atoms with Crippen molar-refractivity contribution in [1.82, 2.24) is 25.2 Å². The molecule has 4 aliphatic heterocycles. The smallest absolute Gasteiger partial charge is 0.327 e. The summed E-state index contributed by atoms with van der Waals surface area (Å²) < 4.78 is 57.7. The summed E-state index contributed by atoms with van der Waals surface area (Å²) in [7, 11) is 1.34. The Labute approximate surface area is 274 Å². The molecule has 10 nitrogen and oxygen atoms in total. The zero-order valence-corrected chi connectivity index (χ0v) is 26.2. The molecular formula is C35H33F3N6O4. The summed E-state index contributed by atoms with van der Waals surface area (Å²) in [6.45, 7) is 1.90. The quantitative estimate of drug-likeness (QED) is 0.230. The molecule has 2 bridgehead atoms. The number of halogens is 3. The molecule has 6 heterocycles. The van der Waals surface area contributed by atoms with Gasteiger partial charge in [0.1, 0.15) is 46.9 Å². The van der Waals surface area contributed by atoms with Crippen LogP contribution in [0.1, 0.15) is 37.7 Å². The summed E-state index contributed by atoms with van der Waals surface area (Å²) in [5.74, 6) is 0.557. The zero-order chi connectivity index (χ0) is 33.4. The number of anilines is 1. The van der Waals surface area contributed by atoms with E-state index >= 15 is 4.39 Å². The van der Waals surface area contributed by atoms with Crippen molar-refractivity contribution in [3.63, 3.8) is 0 Å². The lowest BCUT2D eigenvalue weighted by Gasteiger charge is -2.40. The third-order valence-electron chi connectivity index (χ3n) is 10.5. The molecule has 4 fully saturated rings. The van der Waals surface area contributed by atoms with Crippen LogP contribution in [0.15, 0.2) is 30.5 Å². The van der Waals surface area contributed by atoms with E-state index in [1.807, 2.05) is 4.90 Å². The van der Waals surface area contributed by atoms with Crippen molar-refractivity contribution in [2.75, 3.05) is 44.8 Å². The summed E-state index contributed by atoms with van der Waals surface area (Å²) >= 11 is 0. The Bertz CT molecular complexity index is 2040. The summed E-state index contributed by atoms with van der Waals surface area (Å²) in [6.07, 6.45) is 9.44. The van der Waals surface area contributed by atoms with Crippen LogP contribution in [-0.2, 0) is 9.53 Å². The van der Waals surface area contributed by atoms with Crippen molar-refractivity contribution >= 4 is 33.5 Å². The number of phenols is 1. The van der Waals surface area contributed by atoms with Crippen LogP contribution in [0.25, 0.3) is 32.9 Å². The van der Waals surface area contributed by atoms with Crippen LogP contribution in [0.4, 0.5) is 19.0 Å². The molecule has 48 heavy (non-hydrogen) atoms. The predicted molar refractivity (Wildman–Crippen MR) is 171 cm³/mol. The molecule has 4 saturated heterocycles. The van der Waals surface area contributed by atoms with Crippen LogP contribution in [-0.4, -0.2) is 94.1 Å². The highest BCUT2D eigenvalue weighted by molar-refractivity contribution is 6.03. The van der Waals surface area contributed by atoms with Gasteiger partial charge in [-0.05, 0) is 55.8 Å². The topological polar surface area (TPSA) is 113 Å². The van der Waals surface area contributed by atoms with Gasteiger partial charge < -0.3 is 19.5 Å². The number of esters is 1. The molecule has 8 rings (SSSR count). The molecule has 0 aliphatic carbocycles. The minimum Gasteiger partial charge on any atom is -0.508 e. The number of carbonyl (C=O) groups is 1. The monoisotopic (exact) mass is 658 g/mol. The highest BCUT2D eigenvalue weighted by atomic mass is 19.1. The second kappa shape index (κ2) is 11.2. The number of piperazine rings is 1. The predicted octanol–water partition coefficient (Wildman–Crippen LogP) is 4.25. The molecule has 13 heteroatoms. The molecule has 2 unspecified atom stereocenters. The van der Waals surface area contributed by atoms with Crippen LogP contribution in [0.5, 0.6) is 11.8 Å². The fourth-order valence-electron chi connectivity index (χ4n) is 8.37. The average Bonchev–Trinajstić information content (AvgIpc) is 3.72. The Morgan fingerprint density at radius 3 is 2.90 bits per heavy atom. The number of phenolic OH excluding ortho intramolecular Hbond substituents is 1. The average molecular weight is 659 g/mol. The Morgan fingerprint density at radius 1 is 1.23 bits per heavy atom. The number of ether oxygens (including phenoxy) is 2. The van der Waals surface area contributed by atoms with E-state index < -0.39 is 34.9 Å². The number of carbonyl (C=O) groups excluding carboxylic acids is 1. The third-order valence-corrected chi connectivity index (χ3v) is 10.5. The number of aromatic hydroxyl groups is 1. The molecule has 0 saturated carbocycles. The van der Waals surface area contributed by atoms with E-state index in [4.69, 9.17) is 20.9 Å². The lowest BCUT2D eigenvalue weighted by molar-refractivity contribution is -0.148. The number of pyridine rings is 1. The Hall–Kier alpha value is -4.67. The molecule has 0 amide bonds. The van der Waals surface area contributed by atoms with E-state index in [2.05, 4.69) is 26.1 Å². The number of nitrogens with one attached hydrogen (secondary N) is 1. The Kier molecular flexibility index (Phi) is 7.16. The van der Waals surface area contributed by atoms with Crippen LogP contribution >= 0.6 is 0 Å². The fourth-order valence-corrected chi connectivity index (χ4v) is 8.37. The van der Waals surface area contributed by atoms with Gasteiger partial charge in [0.05, 0.1) is 23.6 Å². The second-order valence-electron chi connectivity index (χ2n) is 13.4. The van der Waals surface area contributed by atoms with E-state index in [0.717, 1.165) is 25.8 Å². The molecular weight excluding hydrogens is 625 g/mol. The first-order valence-electron chi connectivity index (χ1n) is 16.0. The van der Waals surface area contributed by atoms with Crippen molar-refractivity contribution in [3.05, 3.63) is 47.7 Å². The summed E-state index contributed by atoms with van der Waals surface area (Å²) in [5, 5.41) is 14.8. The first-order chi connectivity index (χ1) is 23.1. The van der Waals surface area contributed by atoms with Crippen molar-refractivity contribution < 1.29 is 32.5 Å². The maximum absolute atomic E-state index is 16.9. The summed E-state index contributed by atoms with van der Waals surface area (Å²) in [4.78, 5) is 30.7. The van der Waals surface area contributed by atoms with Gasteiger partial charge in [-0.2, -0.15) is 9.97 Å². The number of fused-ring (bicyclic) bond motifs is 5. The minimum absolute atomic E-state index is 0.0500. The van der Waals surface area contributed by atoms with Crippen molar-refractivity contribution in [3.8, 4) is 35.4 Å². The molecule has 2 aromatic carbocycles. The van der Waals surface area contributed by atoms with Gasteiger partial charge in [-0.3, -0.25) is 15.2 Å². The number of rotatable bonds is 6. The van der Waals surface area contributed by atoms with Crippen LogP contribution < -0.4 is 15.0 Å². The van der Waals surface area contributed by atoms with E-state index in [0.29, 0.717) is 37.1 Å². The number of methoxy groups -OCH3 is 1. The lowest BCUT2D eigenvalue weighted by atomic mass is 9.95. The minimum atomic E-state index is -0.971. The molecule has 4 atom stereocenters. The molecule has 0 radical (unpaired) electrons. The molecule has 2 aromatic heterocycles. The molecule has 4 aliphatic rings. The zero-order valence-electron chi connectivity index (χ0n) is 26.2. The number of alkyl halides is 1. The number of benzene rings is 2. The normalized spacial score (nSPS) is 26.6. The number of hydrogen-bond donors (Lipinski definition) is 2. The number of hydrogen-bond acceptors (Lipinski definition) is 10. The van der Waals surface area contributed by atoms with Crippen molar-refractivity contribution in [2.45, 2.75) is 55.4 Å². The van der Waals surface area contributed by atoms with Gasteiger partial charge in [0.2, 0.25) is 0 Å². The van der Waals surface area contributed by atoms with Crippen molar-refractivity contribution in [1.29, 1.82) is 0 Å². The van der Waals surface area contributed by atoms with E-state index in [1.165, 1.54) is 37.6 Å². The number of nitrogens with zero attached hydrogens (tertiary/aromatic N) is 5. The molecule has 4 aromatic rings. The van der Waals surface area contributed by atoms with Gasteiger partial charge in [-0.25, -0.2) is 18.0 Å². The van der Waals surface area contributed by atoms with Crippen LogP contribution in [0.3, 0.4) is 0 Å². The van der Waals surface area contributed by atoms with Gasteiger partial charge in [0.25, 0.3) is 0 Å².